The quantitative estimate of drug-likeness (QED) is 0.0759. The van der Waals surface area contributed by atoms with E-state index in [1.165, 1.54) is 66.5 Å². The lowest BCUT2D eigenvalue weighted by atomic mass is 9.94. The van der Waals surface area contributed by atoms with Crippen molar-refractivity contribution >= 4 is 38.7 Å². The van der Waals surface area contributed by atoms with Gasteiger partial charge in [-0.2, -0.15) is 0 Å². The molecule has 0 saturated heterocycles. The Morgan fingerprint density at radius 1 is 0.457 bits per heavy atom. The molecule has 3 aliphatic heterocycles. The summed E-state index contributed by atoms with van der Waals surface area (Å²) >= 11 is 0. The zero-order valence-electron chi connectivity index (χ0n) is 39.5. The number of nitrogens with one attached hydrogen (secondary N) is 6. The van der Waals surface area contributed by atoms with Crippen molar-refractivity contribution in [2.45, 2.75) is 44.3 Å². The molecule has 9 aromatic rings. The lowest BCUT2D eigenvalue weighted by Gasteiger charge is -2.25. The lowest BCUT2D eigenvalue weighted by Crippen LogP contribution is -2.30. The zero-order valence-corrected chi connectivity index (χ0v) is 39.5. The number of methoxy groups -OCH3 is 3. The third-order valence-electron chi connectivity index (χ3n) is 13.2. The molecule has 6 heterocycles. The highest BCUT2D eigenvalue weighted by atomic mass is 16.5. The van der Waals surface area contributed by atoms with E-state index in [1.54, 1.807) is 39.5 Å². The van der Waals surface area contributed by atoms with Crippen molar-refractivity contribution < 1.29 is 39.4 Å². The van der Waals surface area contributed by atoms with E-state index in [4.69, 9.17) is 24.1 Å². The van der Waals surface area contributed by atoms with Crippen molar-refractivity contribution in [3.8, 4) is 34.5 Å². The monoisotopic (exact) mass is 942 g/mol. The van der Waals surface area contributed by atoms with Crippen LogP contribution < -0.4 is 30.2 Å². The molecule has 0 radical (unpaired) electrons. The Morgan fingerprint density at radius 3 is 1.00 bits per heavy atom. The van der Waals surface area contributed by atoms with Crippen LogP contribution in [0.5, 0.6) is 34.5 Å². The van der Waals surface area contributed by atoms with Crippen LogP contribution in [0.1, 0.15) is 75.5 Å². The van der Waals surface area contributed by atoms with Crippen LogP contribution in [0.3, 0.4) is 0 Å². The Bertz CT molecular complexity index is 2960. The van der Waals surface area contributed by atoms with Gasteiger partial charge < -0.3 is 65.5 Å². The van der Waals surface area contributed by atoms with Gasteiger partial charge in [0.25, 0.3) is 5.97 Å². The maximum absolute atomic E-state index is 9.79. The molecule has 12 rings (SSSR count). The third kappa shape index (κ3) is 9.57. The van der Waals surface area contributed by atoms with Gasteiger partial charge in [0.15, 0.2) is 34.5 Å². The molecule has 0 amide bonds. The number of hydrogen-bond donors (Lipinski definition) is 10. The number of phenolic OH excluding ortho intramolecular Hbond substituents is 3. The molecule has 3 unspecified atom stereocenters. The van der Waals surface area contributed by atoms with Gasteiger partial charge in [0.2, 0.25) is 0 Å². The standard InChI is InChI=1S/3C18H18N2O2.C2H4O2/c3*1-22-16-10-11(6-7-15(16)21)17-18-13(8-9-19-17)12-4-2-3-5-14(12)20-18;1-2(3)4/h3*2-7,10,17,19-21H,8-9H2,1H3;1H3,(H,3,4). The molecule has 3 aromatic heterocycles. The predicted octanol–water partition coefficient (Wildman–Crippen LogP) is 9.44. The number of aromatic nitrogens is 3. The second-order valence-electron chi connectivity index (χ2n) is 17.4. The van der Waals surface area contributed by atoms with Gasteiger partial charge >= 0.3 is 0 Å². The average molecular weight is 943 g/mol. The molecule has 14 nitrogen and oxygen atoms in total. The number of phenols is 3. The van der Waals surface area contributed by atoms with Crippen molar-refractivity contribution in [2.75, 3.05) is 41.0 Å². The minimum absolute atomic E-state index is 0.0886. The number of aliphatic carboxylic acids is 1. The Morgan fingerprint density at radius 2 is 0.729 bits per heavy atom. The summed E-state index contributed by atoms with van der Waals surface area (Å²) in [5.74, 6) is 1.17. The number of H-pyrrole nitrogens is 3. The first kappa shape index (κ1) is 47.2. The second-order valence-corrected chi connectivity index (χ2v) is 17.4. The van der Waals surface area contributed by atoms with Gasteiger partial charge in [-0.3, -0.25) is 4.79 Å². The van der Waals surface area contributed by atoms with Crippen LogP contribution in [-0.2, 0) is 24.1 Å². The number of ether oxygens (including phenoxy) is 3. The first-order valence-corrected chi connectivity index (χ1v) is 23.4. The molecule has 3 atom stereocenters. The number of para-hydroxylation sites is 3. The van der Waals surface area contributed by atoms with Gasteiger partial charge in [0.1, 0.15) is 0 Å². The molecule has 10 N–H and O–H groups in total. The third-order valence-corrected chi connectivity index (χ3v) is 13.2. The summed E-state index contributed by atoms with van der Waals surface area (Å²) in [6.07, 6.45) is 3.06. The molecule has 70 heavy (non-hydrogen) atoms. The van der Waals surface area contributed by atoms with Crippen LogP contribution in [0.25, 0.3) is 32.7 Å². The summed E-state index contributed by atoms with van der Waals surface area (Å²) in [6, 6.07) is 42.1. The summed E-state index contributed by atoms with van der Waals surface area (Å²) in [4.78, 5) is 19.7. The van der Waals surface area contributed by atoms with E-state index in [0.29, 0.717) is 17.2 Å². The molecule has 14 heteroatoms. The fourth-order valence-corrected chi connectivity index (χ4v) is 10.0. The van der Waals surface area contributed by atoms with E-state index in [0.717, 1.165) is 62.5 Å². The molecule has 6 aromatic carbocycles. The van der Waals surface area contributed by atoms with Gasteiger partial charge in [-0.1, -0.05) is 72.8 Å². The van der Waals surface area contributed by atoms with E-state index in [1.807, 2.05) is 36.4 Å². The molecular formula is C56H58N6O8. The van der Waals surface area contributed by atoms with Crippen molar-refractivity contribution in [1.82, 2.24) is 30.9 Å². The number of fused-ring (bicyclic) bond motifs is 9. The van der Waals surface area contributed by atoms with Gasteiger partial charge in [-0.15, -0.1) is 0 Å². The summed E-state index contributed by atoms with van der Waals surface area (Å²) < 4.78 is 15.7. The number of carbonyl (C=O) groups is 1. The number of rotatable bonds is 6. The Kier molecular flexibility index (Phi) is 14.0. The Balaban J connectivity index is 0.000000125. The van der Waals surface area contributed by atoms with Gasteiger partial charge in [-0.05, 0) is 107 Å². The van der Waals surface area contributed by atoms with E-state index in [2.05, 4.69) is 104 Å². The SMILES string of the molecule is CC(=O)O.COc1cc(C2NCCc3c2[nH]c2ccccc32)ccc1O.COc1cc(C2NCCc3c2[nH]c2ccccc32)ccc1O.COc1cc(C2NCCc3c2[nH]c2ccccc32)ccc1O. The minimum atomic E-state index is -0.833. The smallest absolute Gasteiger partial charge is 0.300 e. The van der Waals surface area contributed by atoms with Crippen molar-refractivity contribution in [3.05, 3.63) is 178 Å². The molecule has 0 aliphatic carbocycles. The van der Waals surface area contributed by atoms with E-state index >= 15 is 0 Å². The normalized spacial score (nSPS) is 16.8. The first-order valence-electron chi connectivity index (χ1n) is 23.4. The Labute approximate surface area is 405 Å². The fourth-order valence-electron chi connectivity index (χ4n) is 10.0. The van der Waals surface area contributed by atoms with E-state index in [9.17, 15) is 15.3 Å². The predicted molar refractivity (Wildman–Crippen MR) is 273 cm³/mol. The summed E-state index contributed by atoms with van der Waals surface area (Å²) in [6.45, 7) is 3.88. The Hall–Kier alpha value is -7.91. The van der Waals surface area contributed by atoms with Crippen LogP contribution in [0, 0.1) is 0 Å². The van der Waals surface area contributed by atoms with Gasteiger partial charge in [-0.25, -0.2) is 0 Å². The minimum Gasteiger partial charge on any atom is -0.504 e. The maximum atomic E-state index is 9.79. The maximum Gasteiger partial charge on any atom is 0.300 e. The molecule has 0 fully saturated rings. The summed E-state index contributed by atoms with van der Waals surface area (Å²) in [5.41, 5.74) is 14.5. The number of aromatic amines is 3. The summed E-state index contributed by atoms with van der Waals surface area (Å²) in [7, 11) is 4.71. The van der Waals surface area contributed by atoms with E-state index < -0.39 is 5.97 Å². The van der Waals surface area contributed by atoms with Gasteiger partial charge in [0, 0.05) is 76.3 Å². The molecular weight excluding hydrogens is 885 g/mol. The molecule has 0 spiro atoms. The van der Waals surface area contributed by atoms with Crippen molar-refractivity contribution in [1.29, 1.82) is 0 Å². The van der Waals surface area contributed by atoms with Crippen LogP contribution in [0.2, 0.25) is 0 Å². The van der Waals surface area contributed by atoms with Crippen LogP contribution >= 0.6 is 0 Å². The largest absolute Gasteiger partial charge is 0.504 e. The highest BCUT2D eigenvalue weighted by Crippen LogP contribution is 2.40. The topological polar surface area (TPSA) is 209 Å². The number of benzene rings is 6. The lowest BCUT2D eigenvalue weighted by molar-refractivity contribution is -0.134. The average Bonchev–Trinajstić information content (AvgIpc) is 4.09. The number of carboxylic acid groups (broad SMARTS) is 1. The van der Waals surface area contributed by atoms with Gasteiger partial charge in [0.05, 0.1) is 39.5 Å². The molecule has 360 valence electrons. The molecule has 0 bridgehead atoms. The fraction of sp³-hybridized carbons (Fsp3) is 0.232. The van der Waals surface area contributed by atoms with Crippen LogP contribution in [0.15, 0.2) is 127 Å². The number of aromatic hydroxyl groups is 3. The highest BCUT2D eigenvalue weighted by Gasteiger charge is 2.28. The van der Waals surface area contributed by atoms with Crippen LogP contribution in [-0.4, -0.2) is 82.3 Å². The van der Waals surface area contributed by atoms with Crippen LogP contribution in [0.4, 0.5) is 0 Å². The zero-order chi connectivity index (χ0) is 48.9. The number of hydrogen-bond acceptors (Lipinski definition) is 10. The van der Waals surface area contributed by atoms with Crippen molar-refractivity contribution in [2.24, 2.45) is 0 Å². The van der Waals surface area contributed by atoms with Crippen molar-refractivity contribution in [3.63, 3.8) is 0 Å². The number of carboxylic acids is 1. The highest BCUT2D eigenvalue weighted by molar-refractivity contribution is 5.87. The van der Waals surface area contributed by atoms with E-state index in [-0.39, 0.29) is 35.4 Å². The first-order chi connectivity index (χ1) is 34.1. The molecule has 3 aliphatic rings. The molecule has 0 saturated carbocycles. The summed E-state index contributed by atoms with van der Waals surface area (Å²) in [5, 5.41) is 51.4. The second kappa shape index (κ2) is 20.8.